The standard InChI is InChI=1S/C15H20N2O3/c1-4-11-5-6-12(16-9-11)7-8-17-14(18)13(10(2)3)20-15(17)19/h5-6,9-10,18H,4,7-8H2,1-3H3. The van der Waals surface area contributed by atoms with Gasteiger partial charge in [-0.05, 0) is 18.1 Å². The smallest absolute Gasteiger partial charge is 0.422 e. The SMILES string of the molecule is CCc1ccc(CCn2c(O)c(C(C)C)oc2=O)nc1. The molecule has 108 valence electrons. The Kier molecular flexibility index (Phi) is 4.27. The van der Waals surface area contributed by atoms with Crippen LogP contribution in [0.25, 0.3) is 0 Å². The van der Waals surface area contributed by atoms with E-state index in [4.69, 9.17) is 4.42 Å². The number of aromatic hydroxyl groups is 1. The van der Waals surface area contributed by atoms with Crippen LogP contribution in [0.2, 0.25) is 0 Å². The third-order valence-corrected chi connectivity index (χ3v) is 3.30. The molecule has 0 radical (unpaired) electrons. The summed E-state index contributed by atoms with van der Waals surface area (Å²) in [7, 11) is 0. The minimum absolute atomic E-state index is 0.0223. The van der Waals surface area contributed by atoms with E-state index in [0.29, 0.717) is 18.7 Å². The van der Waals surface area contributed by atoms with E-state index in [1.807, 2.05) is 32.2 Å². The van der Waals surface area contributed by atoms with Crippen molar-refractivity contribution in [3.05, 3.63) is 45.9 Å². The molecule has 5 heteroatoms. The van der Waals surface area contributed by atoms with Gasteiger partial charge < -0.3 is 9.52 Å². The van der Waals surface area contributed by atoms with Crippen LogP contribution in [0.3, 0.4) is 0 Å². The van der Waals surface area contributed by atoms with Crippen LogP contribution in [0.5, 0.6) is 5.88 Å². The maximum absolute atomic E-state index is 11.7. The van der Waals surface area contributed by atoms with Crippen molar-refractivity contribution in [3.8, 4) is 5.88 Å². The molecule has 0 amide bonds. The minimum Gasteiger partial charge on any atom is -0.492 e. The van der Waals surface area contributed by atoms with Gasteiger partial charge in [0.15, 0.2) is 5.76 Å². The summed E-state index contributed by atoms with van der Waals surface area (Å²) in [6.07, 6.45) is 3.37. The van der Waals surface area contributed by atoms with Crippen molar-refractivity contribution in [2.75, 3.05) is 0 Å². The first kappa shape index (κ1) is 14.4. The summed E-state index contributed by atoms with van der Waals surface area (Å²) in [5.41, 5.74) is 2.07. The largest absolute Gasteiger partial charge is 0.492 e. The molecule has 5 nitrogen and oxygen atoms in total. The molecule has 0 saturated heterocycles. The van der Waals surface area contributed by atoms with Gasteiger partial charge in [-0.1, -0.05) is 26.8 Å². The van der Waals surface area contributed by atoms with Crippen molar-refractivity contribution < 1.29 is 9.52 Å². The summed E-state index contributed by atoms with van der Waals surface area (Å²) in [6, 6.07) is 3.98. The molecular formula is C15H20N2O3. The Morgan fingerprint density at radius 1 is 1.40 bits per heavy atom. The summed E-state index contributed by atoms with van der Waals surface area (Å²) < 4.78 is 6.32. The van der Waals surface area contributed by atoms with E-state index in [1.54, 1.807) is 0 Å². The van der Waals surface area contributed by atoms with E-state index in [-0.39, 0.29) is 11.8 Å². The maximum atomic E-state index is 11.7. The second kappa shape index (κ2) is 5.94. The normalized spacial score (nSPS) is 11.2. The first-order valence-corrected chi connectivity index (χ1v) is 6.89. The number of pyridine rings is 1. The molecule has 1 N–H and O–H groups in total. The van der Waals surface area contributed by atoms with Crippen molar-refractivity contribution in [2.24, 2.45) is 0 Å². The molecule has 0 aromatic carbocycles. The lowest BCUT2D eigenvalue weighted by Crippen LogP contribution is -2.15. The van der Waals surface area contributed by atoms with Gasteiger partial charge in [0.2, 0.25) is 5.88 Å². The quantitative estimate of drug-likeness (QED) is 0.911. The molecule has 0 aliphatic rings. The molecule has 2 aromatic rings. The van der Waals surface area contributed by atoms with Gasteiger partial charge in [-0.15, -0.1) is 0 Å². The predicted molar refractivity (Wildman–Crippen MR) is 76.0 cm³/mol. The van der Waals surface area contributed by atoms with Crippen molar-refractivity contribution in [2.45, 2.75) is 46.1 Å². The van der Waals surface area contributed by atoms with E-state index in [2.05, 4.69) is 11.9 Å². The number of hydrogen-bond acceptors (Lipinski definition) is 4. The van der Waals surface area contributed by atoms with E-state index >= 15 is 0 Å². The highest BCUT2D eigenvalue weighted by Gasteiger charge is 2.18. The van der Waals surface area contributed by atoms with Gasteiger partial charge >= 0.3 is 5.76 Å². The monoisotopic (exact) mass is 276 g/mol. The average Bonchev–Trinajstić information content (AvgIpc) is 2.72. The fourth-order valence-electron chi connectivity index (χ4n) is 2.03. The lowest BCUT2D eigenvalue weighted by molar-refractivity contribution is 0.400. The Balaban J connectivity index is 2.12. The molecule has 0 bridgehead atoms. The molecule has 0 unspecified atom stereocenters. The molecular weight excluding hydrogens is 256 g/mol. The van der Waals surface area contributed by atoms with Gasteiger partial charge in [0.05, 0.1) is 0 Å². The summed E-state index contributed by atoms with van der Waals surface area (Å²) in [6.45, 7) is 6.17. The van der Waals surface area contributed by atoms with Crippen LogP contribution >= 0.6 is 0 Å². The number of aromatic nitrogens is 2. The molecule has 0 spiro atoms. The fraction of sp³-hybridized carbons (Fsp3) is 0.467. The number of rotatable bonds is 5. The van der Waals surface area contributed by atoms with E-state index in [9.17, 15) is 9.90 Å². The van der Waals surface area contributed by atoms with Gasteiger partial charge in [-0.3, -0.25) is 4.98 Å². The van der Waals surface area contributed by atoms with Crippen LogP contribution in [0.4, 0.5) is 0 Å². The van der Waals surface area contributed by atoms with Crippen LogP contribution < -0.4 is 5.76 Å². The summed E-state index contributed by atoms with van der Waals surface area (Å²) in [4.78, 5) is 16.0. The second-order valence-electron chi connectivity index (χ2n) is 5.12. The zero-order valence-electron chi connectivity index (χ0n) is 12.1. The van der Waals surface area contributed by atoms with E-state index in [0.717, 1.165) is 12.1 Å². The Morgan fingerprint density at radius 2 is 2.15 bits per heavy atom. The number of oxazole rings is 1. The predicted octanol–water partition coefficient (Wildman–Crippen LogP) is 2.47. The first-order chi connectivity index (χ1) is 9.52. The lowest BCUT2D eigenvalue weighted by Gasteiger charge is -2.04. The Bertz CT molecular complexity index is 624. The van der Waals surface area contributed by atoms with Crippen molar-refractivity contribution >= 4 is 0 Å². The minimum atomic E-state index is -0.517. The highest BCUT2D eigenvalue weighted by Crippen LogP contribution is 2.24. The molecule has 0 saturated carbocycles. The van der Waals surface area contributed by atoms with E-state index in [1.165, 1.54) is 10.1 Å². The zero-order chi connectivity index (χ0) is 14.7. The average molecular weight is 276 g/mol. The Labute approximate surface area is 117 Å². The van der Waals surface area contributed by atoms with Crippen molar-refractivity contribution in [1.82, 2.24) is 9.55 Å². The fourth-order valence-corrected chi connectivity index (χ4v) is 2.03. The number of hydrogen-bond donors (Lipinski definition) is 1. The molecule has 2 heterocycles. The third-order valence-electron chi connectivity index (χ3n) is 3.30. The van der Waals surface area contributed by atoms with Gasteiger partial charge in [-0.25, -0.2) is 9.36 Å². The summed E-state index contributed by atoms with van der Waals surface area (Å²) in [5.74, 6) is -0.276. The van der Waals surface area contributed by atoms with Crippen LogP contribution in [-0.4, -0.2) is 14.7 Å². The van der Waals surface area contributed by atoms with Gasteiger partial charge in [0.1, 0.15) is 0 Å². The molecule has 0 aliphatic carbocycles. The molecule has 0 atom stereocenters. The lowest BCUT2D eigenvalue weighted by atomic mass is 10.1. The Morgan fingerprint density at radius 3 is 2.65 bits per heavy atom. The highest BCUT2D eigenvalue weighted by atomic mass is 16.4. The third kappa shape index (κ3) is 2.92. The summed E-state index contributed by atoms with van der Waals surface area (Å²) in [5, 5.41) is 9.99. The Hall–Kier alpha value is -2.04. The van der Waals surface area contributed by atoms with Crippen LogP contribution in [-0.2, 0) is 19.4 Å². The molecule has 20 heavy (non-hydrogen) atoms. The molecule has 2 rings (SSSR count). The van der Waals surface area contributed by atoms with Crippen molar-refractivity contribution in [1.29, 1.82) is 0 Å². The molecule has 2 aromatic heterocycles. The van der Waals surface area contributed by atoms with Crippen molar-refractivity contribution in [3.63, 3.8) is 0 Å². The number of aryl methyl sites for hydroxylation is 2. The molecule has 0 fully saturated rings. The first-order valence-electron chi connectivity index (χ1n) is 6.89. The summed E-state index contributed by atoms with van der Waals surface area (Å²) >= 11 is 0. The van der Waals surface area contributed by atoms with Crippen LogP contribution in [0, 0.1) is 0 Å². The van der Waals surface area contributed by atoms with Crippen LogP contribution in [0.15, 0.2) is 27.5 Å². The number of nitrogens with zero attached hydrogens (tertiary/aromatic N) is 2. The maximum Gasteiger partial charge on any atom is 0.422 e. The van der Waals surface area contributed by atoms with Gasteiger partial charge in [0.25, 0.3) is 0 Å². The zero-order valence-corrected chi connectivity index (χ0v) is 12.1. The highest BCUT2D eigenvalue weighted by molar-refractivity contribution is 5.19. The van der Waals surface area contributed by atoms with Crippen LogP contribution in [0.1, 0.15) is 43.7 Å². The topological polar surface area (TPSA) is 68.3 Å². The van der Waals surface area contributed by atoms with Gasteiger partial charge in [0, 0.05) is 30.8 Å². The molecule has 0 aliphatic heterocycles. The van der Waals surface area contributed by atoms with E-state index < -0.39 is 5.76 Å². The second-order valence-corrected chi connectivity index (χ2v) is 5.12. The van der Waals surface area contributed by atoms with Gasteiger partial charge in [-0.2, -0.15) is 0 Å².